The summed E-state index contributed by atoms with van der Waals surface area (Å²) in [5.74, 6) is 1.11. The third-order valence-corrected chi connectivity index (χ3v) is 3.86. The number of alkyl halides is 1. The molecule has 0 aliphatic carbocycles. The van der Waals surface area contributed by atoms with E-state index in [9.17, 15) is 4.39 Å². The van der Waals surface area contributed by atoms with Gasteiger partial charge in [-0.1, -0.05) is 26.8 Å². The Balaban J connectivity index is 2.55. The number of fused-ring (bicyclic) bond motifs is 1. The molecule has 1 heterocycles. The van der Waals surface area contributed by atoms with Crippen molar-refractivity contribution in [3.8, 4) is 0 Å². The highest BCUT2D eigenvalue weighted by Crippen LogP contribution is 2.27. The smallest absolute Gasteiger partial charge is 0.151 e. The van der Waals surface area contributed by atoms with Crippen molar-refractivity contribution >= 4 is 22.6 Å². The van der Waals surface area contributed by atoms with Gasteiger partial charge < -0.3 is 4.57 Å². The van der Waals surface area contributed by atoms with Gasteiger partial charge in [0.15, 0.2) is 5.82 Å². The van der Waals surface area contributed by atoms with Crippen LogP contribution in [0.25, 0.3) is 11.0 Å². The third kappa shape index (κ3) is 2.92. The zero-order valence-electron chi connectivity index (χ0n) is 11.7. The molecule has 2 aromatic rings. The summed E-state index contributed by atoms with van der Waals surface area (Å²) in [6.45, 7) is 7.42. The average Bonchev–Trinajstić information content (AvgIpc) is 2.70. The van der Waals surface area contributed by atoms with E-state index in [-0.39, 0.29) is 11.2 Å². The van der Waals surface area contributed by atoms with Gasteiger partial charge in [0.25, 0.3) is 0 Å². The molecule has 2 rings (SSSR count). The average molecular weight is 283 g/mol. The lowest BCUT2D eigenvalue weighted by Crippen LogP contribution is -2.20. The molecular formula is C15H20ClFN2. The lowest BCUT2D eigenvalue weighted by Gasteiger charge is -2.24. The summed E-state index contributed by atoms with van der Waals surface area (Å²) in [5, 5.41) is 0. The van der Waals surface area contributed by atoms with Gasteiger partial charge in [0.05, 0.1) is 5.52 Å². The van der Waals surface area contributed by atoms with Gasteiger partial charge in [0.2, 0.25) is 0 Å². The Hall–Kier alpha value is -1.09. The van der Waals surface area contributed by atoms with E-state index in [4.69, 9.17) is 11.6 Å². The summed E-state index contributed by atoms with van der Waals surface area (Å²) in [7, 11) is 0. The Bertz CT molecular complexity index is 575. The molecule has 0 aliphatic rings. The Labute approximate surface area is 118 Å². The second-order valence-electron chi connectivity index (χ2n) is 5.68. The molecular weight excluding hydrogens is 263 g/mol. The minimum atomic E-state index is -0.263. The minimum Gasteiger partial charge on any atom is -0.327 e. The van der Waals surface area contributed by atoms with E-state index < -0.39 is 0 Å². The van der Waals surface area contributed by atoms with Gasteiger partial charge >= 0.3 is 0 Å². The maximum absolute atomic E-state index is 13.8. The number of rotatable bonds is 5. The summed E-state index contributed by atoms with van der Waals surface area (Å²) in [5.41, 5.74) is 1.47. The third-order valence-electron chi connectivity index (χ3n) is 3.67. The Morgan fingerprint density at radius 3 is 2.74 bits per heavy atom. The Kier molecular flexibility index (Phi) is 4.14. The molecule has 2 nitrogen and oxygen atoms in total. The fourth-order valence-corrected chi connectivity index (χ4v) is 2.32. The van der Waals surface area contributed by atoms with Crippen LogP contribution in [0.1, 0.15) is 33.0 Å². The normalized spacial score (nSPS) is 12.3. The van der Waals surface area contributed by atoms with Gasteiger partial charge in [-0.3, -0.25) is 0 Å². The molecule has 0 atom stereocenters. The summed E-state index contributed by atoms with van der Waals surface area (Å²) in [6, 6.07) is 5.11. The molecule has 0 spiro atoms. The first-order valence-corrected chi connectivity index (χ1v) is 7.21. The van der Waals surface area contributed by atoms with E-state index in [1.165, 1.54) is 6.07 Å². The molecule has 1 aromatic carbocycles. The number of aryl methyl sites for hydroxylation is 1. The number of aromatic nitrogens is 2. The van der Waals surface area contributed by atoms with E-state index in [1.54, 1.807) is 6.07 Å². The van der Waals surface area contributed by atoms with Crippen molar-refractivity contribution in [1.29, 1.82) is 0 Å². The second kappa shape index (κ2) is 5.49. The summed E-state index contributed by atoms with van der Waals surface area (Å²) >= 11 is 5.83. The number of hydrogen-bond acceptors (Lipinski definition) is 1. The highest BCUT2D eigenvalue weighted by atomic mass is 35.5. The van der Waals surface area contributed by atoms with Crippen LogP contribution in [0.4, 0.5) is 4.39 Å². The maximum Gasteiger partial charge on any atom is 0.151 e. The van der Waals surface area contributed by atoms with Crippen molar-refractivity contribution in [2.45, 2.75) is 40.2 Å². The van der Waals surface area contributed by atoms with Crippen LogP contribution in [0.15, 0.2) is 18.2 Å². The predicted molar refractivity (Wildman–Crippen MR) is 78.2 cm³/mol. The van der Waals surface area contributed by atoms with E-state index in [1.807, 2.05) is 6.07 Å². The summed E-state index contributed by atoms with van der Waals surface area (Å²) < 4.78 is 15.9. The topological polar surface area (TPSA) is 17.8 Å². The van der Waals surface area contributed by atoms with Crippen molar-refractivity contribution in [3.63, 3.8) is 0 Å². The molecule has 4 heteroatoms. The maximum atomic E-state index is 13.8. The zero-order chi connectivity index (χ0) is 14.0. The second-order valence-corrected chi connectivity index (χ2v) is 6.06. The zero-order valence-corrected chi connectivity index (χ0v) is 12.5. The molecule has 104 valence electrons. The van der Waals surface area contributed by atoms with Crippen molar-refractivity contribution in [3.05, 3.63) is 29.8 Å². The molecule has 0 fully saturated rings. The number of hydrogen-bond donors (Lipinski definition) is 0. The number of imidazole rings is 1. The molecule has 0 saturated heterocycles. The monoisotopic (exact) mass is 282 g/mol. The predicted octanol–water partition coefficient (Wildman–Crippen LogP) is 4.39. The van der Waals surface area contributed by atoms with Crippen LogP contribution in [0.2, 0.25) is 0 Å². The van der Waals surface area contributed by atoms with E-state index >= 15 is 0 Å². The van der Waals surface area contributed by atoms with Crippen LogP contribution in [0.5, 0.6) is 0 Å². The quantitative estimate of drug-likeness (QED) is 0.744. The molecule has 0 aliphatic heterocycles. The number of benzene rings is 1. The standard InChI is InChI=1S/C15H20ClFN2/c1-4-15(2,3)10-19-12-7-5-6-11(17)14(12)18-13(19)8-9-16/h5-7H,4,8-10H2,1-3H3. The van der Waals surface area contributed by atoms with Crippen LogP contribution >= 0.6 is 11.6 Å². The Morgan fingerprint density at radius 2 is 2.11 bits per heavy atom. The number of nitrogens with zero attached hydrogens (tertiary/aromatic N) is 2. The first-order chi connectivity index (χ1) is 8.98. The van der Waals surface area contributed by atoms with Crippen LogP contribution < -0.4 is 0 Å². The lowest BCUT2D eigenvalue weighted by molar-refractivity contribution is 0.294. The van der Waals surface area contributed by atoms with E-state index in [0.717, 1.165) is 24.3 Å². The fourth-order valence-electron chi connectivity index (χ4n) is 2.15. The first kappa shape index (κ1) is 14.3. The number of halogens is 2. The van der Waals surface area contributed by atoms with Crippen LogP contribution in [-0.4, -0.2) is 15.4 Å². The minimum absolute atomic E-state index is 0.154. The van der Waals surface area contributed by atoms with Crippen LogP contribution in [-0.2, 0) is 13.0 Å². The van der Waals surface area contributed by atoms with Gasteiger partial charge in [-0.2, -0.15) is 0 Å². The number of para-hydroxylation sites is 1. The molecule has 0 amide bonds. The summed E-state index contributed by atoms with van der Waals surface area (Å²) in [6.07, 6.45) is 1.72. The van der Waals surface area contributed by atoms with Gasteiger partial charge in [-0.05, 0) is 24.0 Å². The lowest BCUT2D eigenvalue weighted by atomic mass is 9.90. The van der Waals surface area contributed by atoms with E-state index in [2.05, 4.69) is 30.3 Å². The van der Waals surface area contributed by atoms with Crippen LogP contribution in [0, 0.1) is 11.2 Å². The van der Waals surface area contributed by atoms with Crippen molar-refractivity contribution in [2.24, 2.45) is 5.41 Å². The molecule has 0 N–H and O–H groups in total. The highest BCUT2D eigenvalue weighted by molar-refractivity contribution is 6.17. The van der Waals surface area contributed by atoms with Gasteiger partial charge in [0.1, 0.15) is 11.3 Å². The van der Waals surface area contributed by atoms with Gasteiger partial charge in [0, 0.05) is 18.8 Å². The molecule has 0 bridgehead atoms. The van der Waals surface area contributed by atoms with Crippen molar-refractivity contribution in [2.75, 3.05) is 5.88 Å². The van der Waals surface area contributed by atoms with E-state index in [0.29, 0.717) is 17.8 Å². The molecule has 0 saturated carbocycles. The van der Waals surface area contributed by atoms with Gasteiger partial charge in [-0.15, -0.1) is 11.6 Å². The molecule has 19 heavy (non-hydrogen) atoms. The first-order valence-electron chi connectivity index (χ1n) is 6.68. The van der Waals surface area contributed by atoms with Crippen LogP contribution in [0.3, 0.4) is 0 Å². The Morgan fingerprint density at radius 1 is 1.37 bits per heavy atom. The largest absolute Gasteiger partial charge is 0.327 e. The van der Waals surface area contributed by atoms with Gasteiger partial charge in [-0.25, -0.2) is 9.37 Å². The SMILES string of the molecule is CCC(C)(C)Cn1c(CCCl)nc2c(F)cccc21. The highest BCUT2D eigenvalue weighted by Gasteiger charge is 2.21. The fraction of sp³-hybridized carbons (Fsp3) is 0.533. The molecule has 0 unspecified atom stereocenters. The molecule has 1 aromatic heterocycles. The van der Waals surface area contributed by atoms with Crippen molar-refractivity contribution < 1.29 is 4.39 Å². The van der Waals surface area contributed by atoms with Crippen molar-refractivity contribution in [1.82, 2.24) is 9.55 Å². The summed E-state index contributed by atoms with van der Waals surface area (Å²) in [4.78, 5) is 4.42. The molecule has 0 radical (unpaired) electrons.